The topological polar surface area (TPSA) is 94.0 Å². The molecule has 0 saturated carbocycles. The van der Waals surface area contributed by atoms with E-state index in [2.05, 4.69) is 53.8 Å². The van der Waals surface area contributed by atoms with Crippen molar-refractivity contribution in [3.05, 3.63) is 64.4 Å². The van der Waals surface area contributed by atoms with Crippen LogP contribution in [0.25, 0.3) is 0 Å². The van der Waals surface area contributed by atoms with Crippen LogP contribution in [0.15, 0.2) is 63.5 Å². The van der Waals surface area contributed by atoms with Gasteiger partial charge in [-0.2, -0.15) is 5.10 Å². The molecule has 0 aliphatic carbocycles. The van der Waals surface area contributed by atoms with Gasteiger partial charge in [-0.15, -0.1) is 10.2 Å². The lowest BCUT2D eigenvalue weighted by Gasteiger charge is -2.04. The third-order valence-electron chi connectivity index (χ3n) is 3.34. The fourth-order valence-electron chi connectivity index (χ4n) is 2.02. The van der Waals surface area contributed by atoms with E-state index in [0.29, 0.717) is 11.1 Å². The third kappa shape index (κ3) is 4.58. The minimum atomic E-state index is 0.380. The molecule has 0 radical (unpaired) electrons. The van der Waals surface area contributed by atoms with Crippen molar-refractivity contribution in [2.24, 2.45) is 5.10 Å². The quantitative estimate of drug-likeness (QED) is 0.276. The molecule has 9 heteroatoms. The molecular weight excluding hydrogens is 402 g/mol. The second-order valence-corrected chi connectivity index (χ2v) is 7.00. The van der Waals surface area contributed by atoms with Gasteiger partial charge in [0.1, 0.15) is 0 Å². The summed E-state index contributed by atoms with van der Waals surface area (Å²) in [5.41, 5.74) is 5.79. The minimum Gasteiger partial charge on any atom is -0.334 e. The number of nitrogens with one attached hydrogen (secondary N) is 1. The van der Waals surface area contributed by atoms with Crippen molar-refractivity contribution < 1.29 is 0 Å². The van der Waals surface area contributed by atoms with Crippen LogP contribution in [-0.4, -0.2) is 25.6 Å². The number of anilines is 1. The summed E-state index contributed by atoms with van der Waals surface area (Å²) in [6.07, 6.45) is 3.44. The highest BCUT2D eigenvalue weighted by Gasteiger charge is 2.10. The Morgan fingerprint density at radius 1 is 1.28 bits per heavy atom. The van der Waals surface area contributed by atoms with E-state index in [-0.39, 0.29) is 0 Å². The number of hydrazone groups is 1. The molecule has 25 heavy (non-hydrogen) atoms. The Morgan fingerprint density at radius 3 is 2.84 bits per heavy atom. The van der Waals surface area contributed by atoms with E-state index in [1.54, 1.807) is 12.4 Å². The molecule has 2 aromatic heterocycles. The lowest BCUT2D eigenvalue weighted by Crippen LogP contribution is -2.13. The van der Waals surface area contributed by atoms with E-state index in [1.807, 2.05) is 31.2 Å². The van der Waals surface area contributed by atoms with Gasteiger partial charge < -0.3 is 5.84 Å². The Morgan fingerprint density at radius 2 is 2.08 bits per heavy atom. The predicted octanol–water partition coefficient (Wildman–Crippen LogP) is 3.28. The molecule has 0 aliphatic rings. The summed E-state index contributed by atoms with van der Waals surface area (Å²) < 4.78 is 2.44. The van der Waals surface area contributed by atoms with Crippen molar-refractivity contribution in [2.75, 3.05) is 11.3 Å². The molecule has 0 saturated heterocycles. The Hall–Kier alpha value is -2.39. The zero-order chi connectivity index (χ0) is 17.6. The van der Waals surface area contributed by atoms with E-state index in [0.717, 1.165) is 21.5 Å². The number of halogens is 1. The van der Waals surface area contributed by atoms with Gasteiger partial charge in [0, 0.05) is 28.2 Å². The normalized spacial score (nSPS) is 11.5. The third-order valence-corrected chi connectivity index (χ3v) is 4.85. The molecule has 0 unspecified atom stereocenters. The van der Waals surface area contributed by atoms with Crippen molar-refractivity contribution in [3.8, 4) is 0 Å². The molecule has 7 nitrogen and oxygen atoms in total. The average Bonchev–Trinajstić information content (AvgIpc) is 2.98. The fraction of sp³-hybridized carbons (Fsp3) is 0.125. The minimum absolute atomic E-state index is 0.380. The van der Waals surface area contributed by atoms with E-state index in [4.69, 9.17) is 5.84 Å². The maximum Gasteiger partial charge on any atom is 0.264 e. The molecule has 0 aliphatic heterocycles. The summed E-state index contributed by atoms with van der Waals surface area (Å²) in [5.74, 6) is 7.17. The molecule has 0 amide bonds. The van der Waals surface area contributed by atoms with Crippen LogP contribution in [0.4, 0.5) is 5.95 Å². The van der Waals surface area contributed by atoms with E-state index in [1.165, 1.54) is 22.0 Å². The van der Waals surface area contributed by atoms with Crippen LogP contribution in [0.2, 0.25) is 0 Å². The number of nitrogens with two attached hydrogens (primary N) is 1. The number of nitrogens with zero attached hydrogens (tertiary/aromatic N) is 5. The Bertz CT molecular complexity index is 879. The lowest BCUT2D eigenvalue weighted by atomic mass is 10.2. The van der Waals surface area contributed by atoms with Gasteiger partial charge >= 0.3 is 0 Å². The van der Waals surface area contributed by atoms with Gasteiger partial charge in [0.2, 0.25) is 5.16 Å². The van der Waals surface area contributed by atoms with Crippen molar-refractivity contribution in [3.63, 3.8) is 0 Å². The van der Waals surface area contributed by atoms with E-state index < -0.39 is 0 Å². The van der Waals surface area contributed by atoms with Crippen molar-refractivity contribution in [2.45, 2.75) is 17.8 Å². The first-order valence-electron chi connectivity index (χ1n) is 7.42. The highest BCUT2D eigenvalue weighted by Crippen LogP contribution is 2.23. The van der Waals surface area contributed by atoms with Crippen LogP contribution in [-0.2, 0) is 5.75 Å². The number of hydrogen-bond donors (Lipinski definition) is 2. The summed E-state index contributed by atoms with van der Waals surface area (Å²) in [4.78, 5) is 3.99. The number of rotatable bonds is 6. The standard InChI is InChI=1S/C16H16BrN7S/c1-11(13-5-7-19-8-6-13)20-21-15-22-23-16(24(15)18)25-10-12-3-2-4-14(17)9-12/h2-9H,10,18H2,1H3,(H,21,22)/b20-11+. The van der Waals surface area contributed by atoms with Crippen molar-refractivity contribution in [1.82, 2.24) is 19.9 Å². The molecule has 0 fully saturated rings. The van der Waals surface area contributed by atoms with Gasteiger partial charge in [-0.05, 0) is 36.8 Å². The fourth-order valence-corrected chi connectivity index (χ4v) is 3.26. The summed E-state index contributed by atoms with van der Waals surface area (Å²) in [6.45, 7) is 1.89. The van der Waals surface area contributed by atoms with Gasteiger partial charge in [0.05, 0.1) is 5.71 Å². The molecule has 3 rings (SSSR count). The summed E-state index contributed by atoms with van der Waals surface area (Å²) in [5, 5.41) is 13.0. The van der Waals surface area contributed by atoms with Crippen LogP contribution in [0.1, 0.15) is 18.1 Å². The molecule has 128 valence electrons. The first kappa shape index (κ1) is 17.4. The zero-order valence-electron chi connectivity index (χ0n) is 13.4. The molecule has 2 heterocycles. The maximum absolute atomic E-state index is 6.04. The first-order valence-corrected chi connectivity index (χ1v) is 9.20. The maximum atomic E-state index is 6.04. The Kier molecular flexibility index (Phi) is 5.67. The van der Waals surface area contributed by atoms with Crippen molar-refractivity contribution in [1.29, 1.82) is 0 Å². The number of nitrogen functional groups attached to an aromatic ring is 1. The second-order valence-electron chi connectivity index (χ2n) is 5.14. The second kappa shape index (κ2) is 8.13. The zero-order valence-corrected chi connectivity index (χ0v) is 15.8. The molecule has 3 N–H and O–H groups in total. The predicted molar refractivity (Wildman–Crippen MR) is 104 cm³/mol. The molecule has 1 aromatic carbocycles. The number of hydrogen-bond acceptors (Lipinski definition) is 7. The summed E-state index contributed by atoms with van der Waals surface area (Å²) >= 11 is 4.97. The molecule has 3 aromatic rings. The van der Waals surface area contributed by atoms with Gasteiger partial charge in [-0.1, -0.05) is 39.8 Å². The van der Waals surface area contributed by atoms with Crippen LogP contribution >= 0.6 is 27.7 Å². The summed E-state index contributed by atoms with van der Waals surface area (Å²) in [7, 11) is 0. The monoisotopic (exact) mass is 417 g/mol. The van der Waals surface area contributed by atoms with Crippen molar-refractivity contribution >= 4 is 39.4 Å². The van der Waals surface area contributed by atoms with Gasteiger partial charge in [-0.3, -0.25) is 4.98 Å². The van der Waals surface area contributed by atoms with E-state index >= 15 is 0 Å². The smallest absolute Gasteiger partial charge is 0.264 e. The van der Waals surface area contributed by atoms with E-state index in [9.17, 15) is 0 Å². The number of pyridine rings is 1. The van der Waals surface area contributed by atoms with Gasteiger partial charge in [-0.25, -0.2) is 10.1 Å². The van der Waals surface area contributed by atoms with Crippen LogP contribution in [0.5, 0.6) is 0 Å². The highest BCUT2D eigenvalue weighted by atomic mass is 79.9. The molecule has 0 bridgehead atoms. The molecular formula is C16H16BrN7S. The molecule has 0 atom stereocenters. The largest absolute Gasteiger partial charge is 0.334 e. The SMILES string of the molecule is C/C(=N\Nc1nnc(SCc2cccc(Br)c2)n1N)c1ccncc1. The van der Waals surface area contributed by atoms with Gasteiger partial charge in [0.25, 0.3) is 5.95 Å². The number of benzene rings is 1. The Labute approximate surface area is 157 Å². The van der Waals surface area contributed by atoms with Gasteiger partial charge in [0.15, 0.2) is 0 Å². The van der Waals surface area contributed by atoms with Crippen LogP contribution < -0.4 is 11.3 Å². The number of aromatic nitrogens is 4. The lowest BCUT2D eigenvalue weighted by molar-refractivity contribution is 0.846. The molecule has 0 spiro atoms. The first-order chi connectivity index (χ1) is 12.1. The van der Waals surface area contributed by atoms with Crippen LogP contribution in [0, 0.1) is 0 Å². The number of thioether (sulfide) groups is 1. The Balaban J connectivity index is 1.65. The summed E-state index contributed by atoms with van der Waals surface area (Å²) in [6, 6.07) is 11.9. The van der Waals surface area contributed by atoms with Crippen LogP contribution in [0.3, 0.4) is 0 Å². The average molecular weight is 418 g/mol. The highest BCUT2D eigenvalue weighted by molar-refractivity contribution is 9.10.